The Morgan fingerprint density at radius 1 is 1.19 bits per heavy atom. The fourth-order valence-corrected chi connectivity index (χ4v) is 4.09. The molecule has 2 aliphatic heterocycles. The van der Waals surface area contributed by atoms with Gasteiger partial charge in [0, 0.05) is 13.1 Å². The molecule has 1 unspecified atom stereocenters. The van der Waals surface area contributed by atoms with E-state index in [2.05, 4.69) is 20.9 Å². The summed E-state index contributed by atoms with van der Waals surface area (Å²) < 4.78 is 8.11. The number of benzene rings is 1. The van der Waals surface area contributed by atoms with E-state index in [-0.39, 0.29) is 11.9 Å². The molecule has 1 fully saturated rings. The van der Waals surface area contributed by atoms with E-state index < -0.39 is 5.60 Å². The highest BCUT2D eigenvalue weighted by atomic mass is 16.5. The van der Waals surface area contributed by atoms with E-state index in [0.29, 0.717) is 51.4 Å². The smallest absolute Gasteiger partial charge is 0.315 e. The lowest BCUT2D eigenvalue weighted by atomic mass is 10.0. The van der Waals surface area contributed by atoms with Gasteiger partial charge in [-0.25, -0.2) is 9.48 Å². The molecular formula is C22H30N6O3. The first kappa shape index (κ1) is 21.3. The predicted molar refractivity (Wildman–Crippen MR) is 114 cm³/mol. The first-order valence-electron chi connectivity index (χ1n) is 10.9. The van der Waals surface area contributed by atoms with Crippen molar-refractivity contribution in [2.45, 2.75) is 58.4 Å². The molecule has 2 N–H and O–H groups in total. The highest BCUT2D eigenvalue weighted by Gasteiger charge is 2.44. The third kappa shape index (κ3) is 4.87. The second kappa shape index (κ2) is 9.05. The molecule has 1 atom stereocenters. The highest BCUT2D eigenvalue weighted by molar-refractivity contribution is 5.79. The number of urea groups is 1. The molecule has 1 aromatic carbocycles. The van der Waals surface area contributed by atoms with Crippen LogP contribution in [-0.2, 0) is 35.6 Å². The van der Waals surface area contributed by atoms with Crippen LogP contribution in [0.4, 0.5) is 4.79 Å². The van der Waals surface area contributed by atoms with Crippen molar-refractivity contribution >= 4 is 11.9 Å². The van der Waals surface area contributed by atoms with Gasteiger partial charge in [-0.2, -0.15) is 0 Å². The van der Waals surface area contributed by atoms with E-state index in [1.54, 1.807) is 0 Å². The van der Waals surface area contributed by atoms with E-state index in [4.69, 9.17) is 4.74 Å². The number of amides is 3. The molecule has 3 amide bonds. The van der Waals surface area contributed by atoms with E-state index in [1.807, 2.05) is 47.7 Å². The van der Waals surface area contributed by atoms with Crippen LogP contribution in [0.15, 0.2) is 24.3 Å². The van der Waals surface area contributed by atoms with Crippen LogP contribution in [0.1, 0.15) is 42.3 Å². The van der Waals surface area contributed by atoms with Crippen molar-refractivity contribution in [1.29, 1.82) is 0 Å². The average molecular weight is 427 g/mol. The Balaban J connectivity index is 1.33. The summed E-state index contributed by atoms with van der Waals surface area (Å²) >= 11 is 0. The zero-order valence-electron chi connectivity index (χ0n) is 18.2. The van der Waals surface area contributed by atoms with E-state index in [9.17, 15) is 9.59 Å². The summed E-state index contributed by atoms with van der Waals surface area (Å²) in [4.78, 5) is 26.5. The second-order valence-corrected chi connectivity index (χ2v) is 8.45. The van der Waals surface area contributed by atoms with Crippen LogP contribution in [-0.4, -0.2) is 57.1 Å². The van der Waals surface area contributed by atoms with Gasteiger partial charge in [0.2, 0.25) is 5.91 Å². The first-order valence-corrected chi connectivity index (χ1v) is 10.9. The van der Waals surface area contributed by atoms with Crippen molar-refractivity contribution in [3.63, 3.8) is 0 Å². The lowest BCUT2D eigenvalue weighted by Crippen LogP contribution is -2.45. The normalized spacial score (nSPS) is 20.0. The van der Waals surface area contributed by atoms with Crippen LogP contribution in [0.5, 0.6) is 0 Å². The second-order valence-electron chi connectivity index (χ2n) is 8.45. The Kier molecular flexibility index (Phi) is 6.22. The van der Waals surface area contributed by atoms with Crippen LogP contribution in [0, 0.1) is 6.92 Å². The van der Waals surface area contributed by atoms with E-state index in [0.717, 1.165) is 24.1 Å². The van der Waals surface area contributed by atoms with Gasteiger partial charge in [-0.3, -0.25) is 4.79 Å². The summed E-state index contributed by atoms with van der Waals surface area (Å²) in [6.45, 7) is 7.16. The monoisotopic (exact) mass is 426 g/mol. The van der Waals surface area contributed by atoms with Crippen molar-refractivity contribution in [2.75, 3.05) is 19.6 Å². The zero-order chi connectivity index (χ0) is 21.8. The zero-order valence-corrected chi connectivity index (χ0v) is 18.2. The van der Waals surface area contributed by atoms with E-state index in [1.165, 1.54) is 5.56 Å². The summed E-state index contributed by atoms with van der Waals surface area (Å²) in [5, 5.41) is 14.1. The molecule has 1 aromatic heterocycles. The molecule has 3 heterocycles. The van der Waals surface area contributed by atoms with Gasteiger partial charge in [-0.1, -0.05) is 42.0 Å². The van der Waals surface area contributed by atoms with Crippen LogP contribution in [0.2, 0.25) is 0 Å². The fourth-order valence-electron chi connectivity index (χ4n) is 4.09. The molecule has 2 aromatic rings. The topological polar surface area (TPSA) is 101 Å². The molecule has 0 saturated carbocycles. The largest absolute Gasteiger partial charge is 0.365 e. The van der Waals surface area contributed by atoms with Gasteiger partial charge < -0.3 is 20.3 Å². The minimum Gasteiger partial charge on any atom is -0.365 e. The lowest BCUT2D eigenvalue weighted by molar-refractivity contribution is -0.132. The Bertz CT molecular complexity index is 941. The number of nitrogens with one attached hydrogen (secondary N) is 2. The van der Waals surface area contributed by atoms with Crippen molar-refractivity contribution in [3.05, 3.63) is 46.8 Å². The maximum Gasteiger partial charge on any atom is 0.315 e. The Morgan fingerprint density at radius 2 is 2.00 bits per heavy atom. The quantitative estimate of drug-likeness (QED) is 0.730. The molecule has 1 saturated heterocycles. The summed E-state index contributed by atoms with van der Waals surface area (Å²) in [5.74, 6) is 0.122. The van der Waals surface area contributed by atoms with Gasteiger partial charge in [0.1, 0.15) is 11.3 Å². The average Bonchev–Trinajstić information content (AvgIpc) is 3.36. The van der Waals surface area contributed by atoms with Crippen LogP contribution < -0.4 is 10.6 Å². The molecule has 9 nitrogen and oxygen atoms in total. The molecule has 0 aliphatic carbocycles. The fraction of sp³-hybridized carbons (Fsp3) is 0.545. The number of nitrogens with zero attached hydrogens (tertiary/aromatic N) is 4. The molecule has 166 valence electrons. The van der Waals surface area contributed by atoms with Crippen LogP contribution in [0.3, 0.4) is 0 Å². The van der Waals surface area contributed by atoms with Gasteiger partial charge in [0.25, 0.3) is 0 Å². The number of carbonyl (C=O) groups excluding carboxylic acids is 2. The minimum atomic E-state index is -0.424. The maximum absolute atomic E-state index is 12.8. The third-order valence-corrected chi connectivity index (χ3v) is 5.97. The molecule has 9 heteroatoms. The van der Waals surface area contributed by atoms with E-state index >= 15 is 0 Å². The Hall–Kier alpha value is -2.94. The van der Waals surface area contributed by atoms with Crippen LogP contribution in [0.25, 0.3) is 0 Å². The molecular weight excluding hydrogens is 396 g/mol. The number of carbonyl (C=O) groups is 2. The predicted octanol–water partition coefficient (Wildman–Crippen LogP) is 1.54. The van der Waals surface area contributed by atoms with Gasteiger partial charge in [-0.15, -0.1) is 5.10 Å². The Morgan fingerprint density at radius 3 is 2.77 bits per heavy atom. The SMILES string of the molecule is CCCNC(=O)NCc1nnn2c1COC1(CCN(C(=O)Cc3ccc(C)cc3)C1)C2. The first-order chi connectivity index (χ1) is 15.0. The summed E-state index contributed by atoms with van der Waals surface area (Å²) in [5.41, 5.74) is 3.39. The van der Waals surface area contributed by atoms with Crippen molar-refractivity contribution in [1.82, 2.24) is 30.5 Å². The van der Waals surface area contributed by atoms with Gasteiger partial charge >= 0.3 is 6.03 Å². The summed E-state index contributed by atoms with van der Waals surface area (Å²) in [6.07, 6.45) is 2.06. The van der Waals surface area contributed by atoms with Gasteiger partial charge in [0.15, 0.2) is 0 Å². The number of ether oxygens (including phenoxy) is 1. The number of hydrogen-bond acceptors (Lipinski definition) is 5. The molecule has 0 bridgehead atoms. The lowest BCUT2D eigenvalue weighted by Gasteiger charge is -2.34. The molecule has 31 heavy (non-hydrogen) atoms. The van der Waals surface area contributed by atoms with Gasteiger partial charge in [-0.05, 0) is 25.3 Å². The van der Waals surface area contributed by atoms with Crippen molar-refractivity contribution in [3.8, 4) is 0 Å². The molecule has 4 rings (SSSR count). The molecule has 2 aliphatic rings. The number of hydrogen-bond donors (Lipinski definition) is 2. The van der Waals surface area contributed by atoms with Crippen molar-refractivity contribution < 1.29 is 14.3 Å². The number of likely N-dealkylation sites (tertiary alicyclic amines) is 1. The highest BCUT2D eigenvalue weighted by Crippen LogP contribution is 2.33. The third-order valence-electron chi connectivity index (χ3n) is 5.97. The van der Waals surface area contributed by atoms with Crippen molar-refractivity contribution in [2.24, 2.45) is 0 Å². The molecule has 0 radical (unpaired) electrons. The summed E-state index contributed by atoms with van der Waals surface area (Å²) in [7, 11) is 0. The number of aryl methyl sites for hydroxylation is 1. The van der Waals surface area contributed by atoms with Gasteiger partial charge in [0.05, 0.1) is 38.4 Å². The number of fused-ring (bicyclic) bond motifs is 1. The standard InChI is InChI=1S/C22H30N6O3/c1-3-9-23-21(30)24-12-18-19-13-31-22(15-28(19)26-25-18)8-10-27(14-22)20(29)11-17-6-4-16(2)5-7-17/h4-7H,3,8-15H2,1-2H3,(H2,23,24,30). The maximum atomic E-state index is 12.8. The summed E-state index contributed by atoms with van der Waals surface area (Å²) in [6, 6.07) is 7.87. The van der Waals surface area contributed by atoms with Crippen LogP contribution >= 0.6 is 0 Å². The molecule has 1 spiro atoms. The Labute approximate surface area is 182 Å². The minimum absolute atomic E-state index is 0.122. The number of rotatable bonds is 6. The number of aromatic nitrogens is 3.